The molecule has 0 unspecified atom stereocenters. The van der Waals surface area contributed by atoms with Crippen LogP contribution in [0.1, 0.15) is 22.2 Å². The van der Waals surface area contributed by atoms with Gasteiger partial charge in [-0.1, -0.05) is 0 Å². The summed E-state index contributed by atoms with van der Waals surface area (Å²) in [5, 5.41) is 6.53. The van der Waals surface area contributed by atoms with E-state index < -0.39 is 0 Å². The van der Waals surface area contributed by atoms with Crippen molar-refractivity contribution in [3.05, 3.63) is 39.7 Å². The Kier molecular flexibility index (Phi) is 4.65. The number of nitrogens with one attached hydrogen (secondary N) is 1. The van der Waals surface area contributed by atoms with Gasteiger partial charge in [0, 0.05) is 17.6 Å². The van der Waals surface area contributed by atoms with E-state index in [2.05, 4.69) is 21.9 Å². The average Bonchev–Trinajstić information content (AvgIpc) is 2.89. The van der Waals surface area contributed by atoms with Crippen molar-refractivity contribution in [2.75, 3.05) is 6.26 Å². The molecule has 0 bridgehead atoms. The summed E-state index contributed by atoms with van der Waals surface area (Å²) in [7, 11) is 0. The fraction of sp³-hybridized carbons (Fsp3) is 0.417. The van der Waals surface area contributed by atoms with Gasteiger partial charge in [-0.3, -0.25) is 0 Å². The predicted molar refractivity (Wildman–Crippen MR) is 73.3 cm³/mol. The van der Waals surface area contributed by atoms with E-state index in [1.165, 1.54) is 0 Å². The van der Waals surface area contributed by atoms with Crippen LogP contribution in [0, 0.1) is 6.92 Å². The van der Waals surface area contributed by atoms with Crippen molar-refractivity contribution in [3.63, 3.8) is 0 Å². The number of thiazole rings is 1. The number of aromatic nitrogens is 1. The highest BCUT2D eigenvalue weighted by molar-refractivity contribution is 7.97. The van der Waals surface area contributed by atoms with Crippen molar-refractivity contribution in [2.24, 2.45) is 0 Å². The molecule has 0 radical (unpaired) electrons. The maximum Gasteiger partial charge on any atom is 0.118 e. The molecule has 0 amide bonds. The van der Waals surface area contributed by atoms with Gasteiger partial charge in [0.25, 0.3) is 0 Å². The minimum Gasteiger partial charge on any atom is -0.464 e. The molecule has 0 aliphatic heterocycles. The zero-order chi connectivity index (χ0) is 12.1. The monoisotopic (exact) mass is 268 g/mol. The van der Waals surface area contributed by atoms with Gasteiger partial charge >= 0.3 is 0 Å². The third-order valence-corrected chi connectivity index (χ3v) is 3.79. The smallest absolute Gasteiger partial charge is 0.118 e. The highest BCUT2D eigenvalue weighted by Crippen LogP contribution is 2.13. The van der Waals surface area contributed by atoms with Gasteiger partial charge in [-0.15, -0.1) is 11.3 Å². The SMILES string of the molecule is CSCc1ccc(CNCc2nc(C)cs2)o1. The molecule has 0 aliphatic rings. The summed E-state index contributed by atoms with van der Waals surface area (Å²) in [6.45, 7) is 3.57. The van der Waals surface area contributed by atoms with Crippen LogP contribution in [0.15, 0.2) is 21.9 Å². The zero-order valence-electron chi connectivity index (χ0n) is 10.0. The lowest BCUT2D eigenvalue weighted by atomic mass is 10.4. The Bertz CT molecular complexity index is 465. The third kappa shape index (κ3) is 3.87. The summed E-state index contributed by atoms with van der Waals surface area (Å²) in [6, 6.07) is 4.08. The Labute approximate surface area is 110 Å². The fourth-order valence-electron chi connectivity index (χ4n) is 1.51. The van der Waals surface area contributed by atoms with Gasteiger partial charge in [0.2, 0.25) is 0 Å². The van der Waals surface area contributed by atoms with Crippen LogP contribution in [0.4, 0.5) is 0 Å². The molecular formula is C12H16N2OS2. The van der Waals surface area contributed by atoms with Crippen molar-refractivity contribution in [1.82, 2.24) is 10.3 Å². The fourth-order valence-corrected chi connectivity index (χ4v) is 2.69. The molecule has 1 N–H and O–H groups in total. The van der Waals surface area contributed by atoms with Gasteiger partial charge in [-0.05, 0) is 25.3 Å². The number of rotatable bonds is 6. The molecule has 0 spiro atoms. The van der Waals surface area contributed by atoms with Gasteiger partial charge in [0.15, 0.2) is 0 Å². The molecule has 0 saturated carbocycles. The van der Waals surface area contributed by atoms with Crippen LogP contribution in [0.25, 0.3) is 0 Å². The Morgan fingerprint density at radius 2 is 2.18 bits per heavy atom. The summed E-state index contributed by atoms with van der Waals surface area (Å²) in [4.78, 5) is 4.40. The Balaban J connectivity index is 1.77. The first-order valence-electron chi connectivity index (χ1n) is 5.46. The molecule has 92 valence electrons. The predicted octanol–water partition coefficient (Wildman–Crippen LogP) is 3.20. The van der Waals surface area contributed by atoms with Crippen LogP contribution in [0.5, 0.6) is 0 Å². The standard InChI is InChI=1S/C12H16N2OS2/c1-9-7-17-12(14-9)6-13-5-10-3-4-11(15-10)8-16-2/h3-4,7,13H,5-6,8H2,1-2H3. The Morgan fingerprint density at radius 1 is 1.35 bits per heavy atom. The molecule has 5 heteroatoms. The molecular weight excluding hydrogens is 252 g/mol. The molecule has 2 rings (SSSR count). The van der Waals surface area contributed by atoms with E-state index in [1.807, 2.05) is 19.1 Å². The van der Waals surface area contributed by atoms with Crippen LogP contribution in [-0.4, -0.2) is 11.2 Å². The Morgan fingerprint density at radius 3 is 2.88 bits per heavy atom. The third-order valence-electron chi connectivity index (χ3n) is 2.25. The maximum absolute atomic E-state index is 5.67. The molecule has 0 aliphatic carbocycles. The number of nitrogens with zero attached hydrogens (tertiary/aromatic N) is 1. The van der Waals surface area contributed by atoms with Crippen LogP contribution in [-0.2, 0) is 18.8 Å². The van der Waals surface area contributed by atoms with Crippen LogP contribution >= 0.6 is 23.1 Å². The lowest BCUT2D eigenvalue weighted by Crippen LogP contribution is -2.11. The normalized spacial score (nSPS) is 10.9. The maximum atomic E-state index is 5.67. The lowest BCUT2D eigenvalue weighted by Gasteiger charge is -1.99. The van der Waals surface area contributed by atoms with Gasteiger partial charge in [0.1, 0.15) is 16.5 Å². The molecule has 0 fully saturated rings. The van der Waals surface area contributed by atoms with E-state index in [-0.39, 0.29) is 0 Å². The van der Waals surface area contributed by atoms with Crippen LogP contribution in [0.3, 0.4) is 0 Å². The van der Waals surface area contributed by atoms with Crippen molar-refractivity contribution < 1.29 is 4.42 Å². The van der Waals surface area contributed by atoms with Crippen LogP contribution in [0.2, 0.25) is 0 Å². The molecule has 2 aromatic rings. The van der Waals surface area contributed by atoms with Crippen molar-refractivity contribution in [1.29, 1.82) is 0 Å². The minimum atomic E-state index is 0.757. The van der Waals surface area contributed by atoms with E-state index in [9.17, 15) is 0 Å². The number of aryl methyl sites for hydroxylation is 1. The van der Waals surface area contributed by atoms with E-state index in [0.29, 0.717) is 0 Å². The van der Waals surface area contributed by atoms with Crippen LogP contribution < -0.4 is 5.32 Å². The minimum absolute atomic E-state index is 0.757. The number of thioether (sulfide) groups is 1. The van der Waals surface area contributed by atoms with E-state index >= 15 is 0 Å². The second-order valence-electron chi connectivity index (χ2n) is 3.79. The first-order chi connectivity index (χ1) is 8.28. The molecule has 2 heterocycles. The second kappa shape index (κ2) is 6.23. The molecule has 0 aromatic carbocycles. The van der Waals surface area contributed by atoms with Crippen molar-refractivity contribution in [3.8, 4) is 0 Å². The van der Waals surface area contributed by atoms with Crippen molar-refractivity contribution in [2.45, 2.75) is 25.8 Å². The quantitative estimate of drug-likeness (QED) is 0.873. The molecule has 2 aromatic heterocycles. The first-order valence-corrected chi connectivity index (χ1v) is 7.73. The van der Waals surface area contributed by atoms with E-state index in [0.717, 1.165) is 41.1 Å². The Hall–Kier alpha value is -0.780. The average molecular weight is 268 g/mol. The van der Waals surface area contributed by atoms with Gasteiger partial charge in [0.05, 0.1) is 12.3 Å². The van der Waals surface area contributed by atoms with Crippen molar-refractivity contribution >= 4 is 23.1 Å². The topological polar surface area (TPSA) is 38.1 Å². The van der Waals surface area contributed by atoms with E-state index in [4.69, 9.17) is 4.42 Å². The summed E-state index contributed by atoms with van der Waals surface area (Å²) in [6.07, 6.45) is 2.07. The summed E-state index contributed by atoms with van der Waals surface area (Å²) < 4.78 is 5.67. The molecule has 3 nitrogen and oxygen atoms in total. The van der Waals surface area contributed by atoms with E-state index in [1.54, 1.807) is 23.1 Å². The number of hydrogen-bond acceptors (Lipinski definition) is 5. The lowest BCUT2D eigenvalue weighted by molar-refractivity contribution is 0.459. The summed E-state index contributed by atoms with van der Waals surface area (Å²) in [5.41, 5.74) is 1.09. The largest absolute Gasteiger partial charge is 0.464 e. The molecule has 0 atom stereocenters. The van der Waals surface area contributed by atoms with Gasteiger partial charge in [-0.25, -0.2) is 4.98 Å². The number of hydrogen-bond donors (Lipinski definition) is 1. The molecule has 17 heavy (non-hydrogen) atoms. The zero-order valence-corrected chi connectivity index (χ0v) is 11.7. The molecule has 0 saturated heterocycles. The van der Waals surface area contributed by atoms with Gasteiger partial charge in [-0.2, -0.15) is 11.8 Å². The van der Waals surface area contributed by atoms with Gasteiger partial charge < -0.3 is 9.73 Å². The summed E-state index contributed by atoms with van der Waals surface area (Å²) in [5.74, 6) is 2.97. The second-order valence-corrected chi connectivity index (χ2v) is 5.60. The summed E-state index contributed by atoms with van der Waals surface area (Å²) >= 11 is 3.46. The first kappa shape index (κ1) is 12.7. The number of furan rings is 1. The highest BCUT2D eigenvalue weighted by atomic mass is 32.2. The highest BCUT2D eigenvalue weighted by Gasteiger charge is 2.02.